The first-order valence-electron chi connectivity index (χ1n) is 15.0. The van der Waals surface area contributed by atoms with Crippen LogP contribution < -0.4 is 5.32 Å². The number of hydrogen-bond donors (Lipinski definition) is 4. The number of nitrogens with one attached hydrogen (secondary N) is 1. The zero-order valence-corrected chi connectivity index (χ0v) is 23.2. The van der Waals surface area contributed by atoms with E-state index in [2.05, 4.69) is 31.3 Å². The third kappa shape index (κ3) is 22.0. The summed E-state index contributed by atoms with van der Waals surface area (Å²) in [6.45, 7) is 4.09. The van der Waals surface area contributed by atoms with E-state index in [1.54, 1.807) is 0 Å². The molecule has 0 aromatic rings. The van der Waals surface area contributed by atoms with Gasteiger partial charge in [-0.25, -0.2) is 0 Å². The van der Waals surface area contributed by atoms with Gasteiger partial charge in [0.25, 0.3) is 0 Å². The molecule has 1 amide bonds. The van der Waals surface area contributed by atoms with Crippen molar-refractivity contribution in [3.05, 3.63) is 12.2 Å². The monoisotopic (exact) mass is 497 g/mol. The van der Waals surface area contributed by atoms with Gasteiger partial charge < -0.3 is 20.6 Å². The highest BCUT2D eigenvalue weighted by Crippen LogP contribution is 2.13. The Morgan fingerprint density at radius 2 is 1.14 bits per heavy atom. The Bertz CT molecular complexity index is 483. The average molecular weight is 498 g/mol. The summed E-state index contributed by atoms with van der Waals surface area (Å²) in [5, 5.41) is 33.0. The molecular weight excluding hydrogens is 438 g/mol. The molecule has 0 saturated carbocycles. The first kappa shape index (κ1) is 34.1. The Morgan fingerprint density at radius 3 is 1.66 bits per heavy atom. The second kappa shape index (κ2) is 26.2. The molecule has 0 aliphatic heterocycles. The maximum atomic E-state index is 12.2. The Balaban J connectivity index is 3.80. The first-order chi connectivity index (χ1) is 17.1. The minimum atomic E-state index is -1.15. The largest absolute Gasteiger partial charge is 0.394 e. The van der Waals surface area contributed by atoms with Crippen LogP contribution in [0.3, 0.4) is 0 Å². The molecule has 0 radical (unpaired) electrons. The molecule has 0 aliphatic rings. The number of rotatable bonds is 26. The number of allylic oxidation sites excluding steroid dienone is 2. The van der Waals surface area contributed by atoms with E-state index in [4.69, 9.17) is 0 Å². The molecule has 5 heteroatoms. The lowest BCUT2D eigenvalue weighted by atomic mass is 10.0. The van der Waals surface area contributed by atoms with E-state index in [0.29, 0.717) is 12.8 Å². The van der Waals surface area contributed by atoms with Crippen molar-refractivity contribution < 1.29 is 20.1 Å². The second-order valence-corrected chi connectivity index (χ2v) is 10.3. The molecule has 0 aromatic carbocycles. The Morgan fingerprint density at radius 1 is 0.686 bits per heavy atom. The van der Waals surface area contributed by atoms with Gasteiger partial charge in [0.1, 0.15) is 6.10 Å². The number of aliphatic hydroxyl groups is 3. The van der Waals surface area contributed by atoms with Gasteiger partial charge in [-0.2, -0.15) is 0 Å². The summed E-state index contributed by atoms with van der Waals surface area (Å²) >= 11 is 0. The van der Waals surface area contributed by atoms with Crippen molar-refractivity contribution in [1.82, 2.24) is 5.32 Å². The van der Waals surface area contributed by atoms with Gasteiger partial charge in [-0.1, -0.05) is 116 Å². The summed E-state index contributed by atoms with van der Waals surface area (Å²) in [4.78, 5) is 12.2. The number of carbonyl (C=O) groups excluding carboxylic acids is 1. The molecule has 0 spiro atoms. The van der Waals surface area contributed by atoms with Gasteiger partial charge in [0, 0.05) is 6.42 Å². The number of amides is 1. The zero-order chi connectivity index (χ0) is 26.0. The van der Waals surface area contributed by atoms with E-state index in [1.165, 1.54) is 83.5 Å². The molecule has 0 saturated heterocycles. The van der Waals surface area contributed by atoms with Crippen molar-refractivity contribution in [2.75, 3.05) is 6.61 Å². The topological polar surface area (TPSA) is 89.8 Å². The smallest absolute Gasteiger partial charge is 0.220 e. The van der Waals surface area contributed by atoms with Crippen LogP contribution in [0.5, 0.6) is 0 Å². The van der Waals surface area contributed by atoms with Gasteiger partial charge in [0.05, 0.1) is 18.8 Å². The van der Waals surface area contributed by atoms with Crippen LogP contribution in [0.4, 0.5) is 0 Å². The van der Waals surface area contributed by atoms with Gasteiger partial charge in [-0.3, -0.25) is 4.79 Å². The summed E-state index contributed by atoms with van der Waals surface area (Å²) in [5.41, 5.74) is 0. The third-order valence-electron chi connectivity index (χ3n) is 6.87. The molecule has 3 atom stereocenters. The van der Waals surface area contributed by atoms with Crippen molar-refractivity contribution in [2.45, 2.75) is 167 Å². The van der Waals surface area contributed by atoms with Gasteiger partial charge in [0.2, 0.25) is 5.91 Å². The second-order valence-electron chi connectivity index (χ2n) is 10.3. The highest BCUT2D eigenvalue weighted by atomic mass is 16.3. The summed E-state index contributed by atoms with van der Waals surface area (Å²) in [5.74, 6) is -0.159. The molecule has 4 N–H and O–H groups in total. The fourth-order valence-corrected chi connectivity index (χ4v) is 4.45. The summed E-state index contributed by atoms with van der Waals surface area (Å²) in [7, 11) is 0. The molecule has 5 nitrogen and oxygen atoms in total. The molecule has 0 rings (SSSR count). The van der Waals surface area contributed by atoms with Crippen LogP contribution in [-0.2, 0) is 4.79 Å². The minimum absolute atomic E-state index is 0.159. The van der Waals surface area contributed by atoms with Crippen LogP contribution in [0, 0.1) is 0 Å². The van der Waals surface area contributed by atoms with Gasteiger partial charge >= 0.3 is 0 Å². The van der Waals surface area contributed by atoms with Crippen LogP contribution in [0.1, 0.15) is 149 Å². The number of aliphatic hydroxyl groups excluding tert-OH is 3. The van der Waals surface area contributed by atoms with Crippen molar-refractivity contribution >= 4 is 5.91 Å². The quantitative estimate of drug-likeness (QED) is 0.0767. The lowest BCUT2D eigenvalue weighted by Gasteiger charge is -2.26. The average Bonchev–Trinajstić information content (AvgIpc) is 2.86. The lowest BCUT2D eigenvalue weighted by Crippen LogP contribution is -2.50. The number of carbonyl (C=O) groups is 1. The minimum Gasteiger partial charge on any atom is -0.394 e. The zero-order valence-electron chi connectivity index (χ0n) is 23.2. The first-order valence-corrected chi connectivity index (χ1v) is 15.0. The maximum absolute atomic E-state index is 12.2. The fourth-order valence-electron chi connectivity index (χ4n) is 4.45. The van der Waals surface area contributed by atoms with Crippen LogP contribution >= 0.6 is 0 Å². The van der Waals surface area contributed by atoms with Crippen molar-refractivity contribution in [3.8, 4) is 0 Å². The van der Waals surface area contributed by atoms with Gasteiger partial charge in [-0.05, 0) is 38.5 Å². The van der Waals surface area contributed by atoms with Crippen LogP contribution in [0.25, 0.3) is 0 Å². The van der Waals surface area contributed by atoms with Crippen LogP contribution in [0.15, 0.2) is 12.2 Å². The van der Waals surface area contributed by atoms with E-state index >= 15 is 0 Å². The SMILES string of the molecule is CCCCCC/C=C/CCCC(O)C(O)C(CO)NC(=O)CCCCCCCCCCCCCC. The summed E-state index contributed by atoms with van der Waals surface area (Å²) in [6.07, 6.45) is 25.9. The Labute approximate surface area is 217 Å². The molecular formula is C30H59NO4. The van der Waals surface area contributed by atoms with Crippen molar-refractivity contribution in [2.24, 2.45) is 0 Å². The standard InChI is InChI=1S/C30H59NO4/c1-3-5-7-9-11-13-14-15-17-19-21-23-25-29(34)31-27(26-32)30(35)28(33)24-22-20-18-16-12-10-8-6-4-2/h16,18,27-28,30,32-33,35H,3-15,17,19-26H2,1-2H3,(H,31,34)/b18-16+. The van der Waals surface area contributed by atoms with Gasteiger partial charge in [-0.15, -0.1) is 0 Å². The summed E-state index contributed by atoms with van der Waals surface area (Å²) in [6, 6.07) is -0.816. The van der Waals surface area contributed by atoms with Gasteiger partial charge in [0.15, 0.2) is 0 Å². The van der Waals surface area contributed by atoms with E-state index in [-0.39, 0.29) is 12.5 Å². The number of hydrogen-bond acceptors (Lipinski definition) is 4. The van der Waals surface area contributed by atoms with Crippen molar-refractivity contribution in [1.29, 1.82) is 0 Å². The van der Waals surface area contributed by atoms with Crippen LogP contribution in [-0.4, -0.2) is 46.1 Å². The van der Waals surface area contributed by atoms with E-state index in [0.717, 1.165) is 38.5 Å². The molecule has 0 heterocycles. The highest BCUT2D eigenvalue weighted by Gasteiger charge is 2.26. The fraction of sp³-hybridized carbons (Fsp3) is 0.900. The molecule has 208 valence electrons. The molecule has 0 aliphatic carbocycles. The Kier molecular flexibility index (Phi) is 25.5. The Hall–Kier alpha value is -0.910. The molecule has 35 heavy (non-hydrogen) atoms. The lowest BCUT2D eigenvalue weighted by molar-refractivity contribution is -0.124. The third-order valence-corrected chi connectivity index (χ3v) is 6.87. The predicted octanol–water partition coefficient (Wildman–Crippen LogP) is 6.97. The normalized spacial score (nSPS) is 14.3. The highest BCUT2D eigenvalue weighted by molar-refractivity contribution is 5.76. The maximum Gasteiger partial charge on any atom is 0.220 e. The molecule has 0 aromatic heterocycles. The van der Waals surface area contributed by atoms with Crippen molar-refractivity contribution in [3.63, 3.8) is 0 Å². The summed E-state index contributed by atoms with van der Waals surface area (Å²) < 4.78 is 0. The predicted molar refractivity (Wildman–Crippen MR) is 148 cm³/mol. The van der Waals surface area contributed by atoms with Crippen LogP contribution in [0.2, 0.25) is 0 Å². The van der Waals surface area contributed by atoms with E-state index in [1.807, 2.05) is 0 Å². The molecule has 0 bridgehead atoms. The molecule has 0 fully saturated rings. The van der Waals surface area contributed by atoms with E-state index < -0.39 is 18.2 Å². The van der Waals surface area contributed by atoms with E-state index in [9.17, 15) is 20.1 Å². The number of unbranched alkanes of at least 4 members (excludes halogenated alkanes) is 16. The molecule has 3 unspecified atom stereocenters.